The second kappa shape index (κ2) is 9.01. The lowest BCUT2D eigenvalue weighted by molar-refractivity contribution is -0.139. The number of carbonyl (C=O) groups is 1. The van der Waals surface area contributed by atoms with E-state index in [0.29, 0.717) is 32.1 Å². The number of carbonyl (C=O) groups excluding carboxylic acids is 1. The van der Waals surface area contributed by atoms with Gasteiger partial charge in [0.1, 0.15) is 12.1 Å². The number of pyridine rings is 1. The van der Waals surface area contributed by atoms with E-state index in [1.54, 1.807) is 18.3 Å². The van der Waals surface area contributed by atoms with Gasteiger partial charge >= 0.3 is 0 Å². The van der Waals surface area contributed by atoms with Crippen molar-refractivity contribution in [2.45, 2.75) is 18.6 Å². The minimum absolute atomic E-state index is 0.0137. The van der Waals surface area contributed by atoms with E-state index < -0.39 is 5.82 Å². The maximum absolute atomic E-state index is 14.0. The number of hydrogen-bond acceptors (Lipinski definition) is 7. The average Bonchev–Trinajstić information content (AvgIpc) is 3.39. The molecule has 3 aromatic rings. The predicted molar refractivity (Wildman–Crippen MR) is 114 cm³/mol. The molecule has 2 fully saturated rings. The summed E-state index contributed by atoms with van der Waals surface area (Å²) < 4.78 is 21.5. The molecule has 2 aromatic heterocycles. The predicted octanol–water partition coefficient (Wildman–Crippen LogP) is 1.57. The summed E-state index contributed by atoms with van der Waals surface area (Å²) in [6, 6.07) is 8.36. The van der Waals surface area contributed by atoms with Crippen LogP contribution in [-0.2, 0) is 16.0 Å². The molecule has 0 unspecified atom stereocenters. The number of nitrogens with zero attached hydrogens (tertiary/aromatic N) is 8. The number of benzene rings is 1. The summed E-state index contributed by atoms with van der Waals surface area (Å²) >= 11 is 0. The van der Waals surface area contributed by atoms with Gasteiger partial charge in [0.05, 0.1) is 31.7 Å². The zero-order valence-corrected chi connectivity index (χ0v) is 17.7. The Balaban J connectivity index is 1.17. The molecule has 168 valence electrons. The Morgan fingerprint density at radius 1 is 1.24 bits per heavy atom. The molecule has 2 atom stereocenters. The minimum Gasteiger partial charge on any atom is -0.370 e. The van der Waals surface area contributed by atoms with E-state index in [0.717, 1.165) is 17.7 Å². The molecule has 4 heterocycles. The van der Waals surface area contributed by atoms with Gasteiger partial charge in [-0.3, -0.25) is 9.69 Å². The number of rotatable bonds is 4. The number of aromatic nitrogens is 5. The first-order chi connectivity index (χ1) is 16.1. The van der Waals surface area contributed by atoms with Crippen molar-refractivity contribution in [2.75, 3.05) is 32.8 Å². The maximum Gasteiger partial charge on any atom is 0.227 e. The Morgan fingerprint density at radius 2 is 2.15 bits per heavy atom. The SMILES string of the molecule is [C-]#[N+]c1ccc([C@H]2CN3CCN(C(=O)Cc4ccc(-n5cnnn5)nc4)C[C@H]3CO2)cc1F. The fraction of sp³-hybridized carbons (Fsp3) is 0.364. The molecular formula is C22H21FN8O2. The van der Waals surface area contributed by atoms with E-state index in [2.05, 4.69) is 30.3 Å². The lowest BCUT2D eigenvalue weighted by atomic mass is 10.0. The molecule has 0 saturated carbocycles. The van der Waals surface area contributed by atoms with E-state index in [9.17, 15) is 9.18 Å². The molecule has 1 aromatic carbocycles. The first-order valence-corrected chi connectivity index (χ1v) is 10.6. The number of halogens is 1. The van der Waals surface area contributed by atoms with Gasteiger partial charge in [-0.25, -0.2) is 14.2 Å². The van der Waals surface area contributed by atoms with Gasteiger partial charge < -0.3 is 9.64 Å². The molecule has 2 aliphatic heterocycles. The molecule has 0 radical (unpaired) electrons. The van der Waals surface area contributed by atoms with E-state index in [1.165, 1.54) is 23.1 Å². The van der Waals surface area contributed by atoms with Gasteiger partial charge in [0.15, 0.2) is 5.82 Å². The van der Waals surface area contributed by atoms with Crippen molar-refractivity contribution in [3.05, 3.63) is 71.2 Å². The molecular weight excluding hydrogens is 427 g/mol. The van der Waals surface area contributed by atoms with Gasteiger partial charge in [-0.1, -0.05) is 18.2 Å². The molecule has 0 aliphatic carbocycles. The Morgan fingerprint density at radius 3 is 2.88 bits per heavy atom. The number of ether oxygens (including phenoxy) is 1. The quantitative estimate of drug-likeness (QED) is 0.560. The number of fused-ring (bicyclic) bond motifs is 1. The van der Waals surface area contributed by atoms with Gasteiger partial charge in [0.25, 0.3) is 0 Å². The average molecular weight is 448 g/mol. The molecule has 2 saturated heterocycles. The Hall–Kier alpha value is -3.75. The van der Waals surface area contributed by atoms with Gasteiger partial charge in [-0.05, 0) is 33.7 Å². The van der Waals surface area contributed by atoms with Crippen molar-refractivity contribution in [2.24, 2.45) is 0 Å². The van der Waals surface area contributed by atoms with Crippen LogP contribution in [0.2, 0.25) is 0 Å². The Bertz CT molecular complexity index is 1180. The molecule has 0 N–H and O–H groups in total. The summed E-state index contributed by atoms with van der Waals surface area (Å²) in [5, 5.41) is 11.0. The molecule has 5 rings (SSSR count). The van der Waals surface area contributed by atoms with E-state index in [-0.39, 0.29) is 30.2 Å². The van der Waals surface area contributed by atoms with Crippen LogP contribution in [0.4, 0.5) is 10.1 Å². The molecule has 1 amide bonds. The van der Waals surface area contributed by atoms with Gasteiger partial charge in [-0.2, -0.15) is 4.68 Å². The van der Waals surface area contributed by atoms with Crippen LogP contribution < -0.4 is 0 Å². The summed E-state index contributed by atoms with van der Waals surface area (Å²) in [7, 11) is 0. The number of tetrazole rings is 1. The first kappa shape index (κ1) is 21.1. The van der Waals surface area contributed by atoms with E-state index in [4.69, 9.17) is 11.3 Å². The molecule has 0 bridgehead atoms. The Labute approximate surface area is 189 Å². The molecule has 11 heteroatoms. The van der Waals surface area contributed by atoms with Crippen molar-refractivity contribution < 1.29 is 13.9 Å². The number of amides is 1. The fourth-order valence-corrected chi connectivity index (χ4v) is 4.24. The molecule has 2 aliphatic rings. The van der Waals surface area contributed by atoms with Crippen LogP contribution in [0.15, 0.2) is 42.9 Å². The van der Waals surface area contributed by atoms with Crippen molar-refractivity contribution in [1.82, 2.24) is 35.0 Å². The first-order valence-electron chi connectivity index (χ1n) is 10.6. The Kier molecular flexibility index (Phi) is 5.77. The summed E-state index contributed by atoms with van der Waals surface area (Å²) in [6.45, 7) is 10.0. The van der Waals surface area contributed by atoms with Crippen LogP contribution in [0.25, 0.3) is 10.7 Å². The van der Waals surface area contributed by atoms with Crippen molar-refractivity contribution in [3.8, 4) is 5.82 Å². The topological polar surface area (TPSA) is 93.6 Å². The van der Waals surface area contributed by atoms with Crippen LogP contribution in [0, 0.1) is 12.4 Å². The molecule has 33 heavy (non-hydrogen) atoms. The maximum atomic E-state index is 14.0. The van der Waals surface area contributed by atoms with Crippen LogP contribution in [0.5, 0.6) is 0 Å². The number of hydrogen-bond donors (Lipinski definition) is 0. The monoisotopic (exact) mass is 448 g/mol. The van der Waals surface area contributed by atoms with Crippen molar-refractivity contribution in [1.29, 1.82) is 0 Å². The highest BCUT2D eigenvalue weighted by Crippen LogP contribution is 2.29. The van der Waals surface area contributed by atoms with Crippen LogP contribution in [0.3, 0.4) is 0 Å². The number of morpholine rings is 1. The van der Waals surface area contributed by atoms with E-state index in [1.807, 2.05) is 11.0 Å². The van der Waals surface area contributed by atoms with Gasteiger partial charge in [0, 0.05) is 32.4 Å². The lowest BCUT2D eigenvalue weighted by Gasteiger charge is -2.46. The summed E-state index contributed by atoms with van der Waals surface area (Å²) in [5.41, 5.74) is 1.57. The smallest absolute Gasteiger partial charge is 0.227 e. The third-order valence-corrected chi connectivity index (χ3v) is 6.06. The highest BCUT2D eigenvalue weighted by Gasteiger charge is 2.35. The number of piperazine rings is 1. The second-order valence-corrected chi connectivity index (χ2v) is 8.09. The third kappa shape index (κ3) is 4.44. The second-order valence-electron chi connectivity index (χ2n) is 8.09. The highest BCUT2D eigenvalue weighted by molar-refractivity contribution is 5.79. The van der Waals surface area contributed by atoms with Crippen molar-refractivity contribution in [3.63, 3.8) is 0 Å². The summed E-state index contributed by atoms with van der Waals surface area (Å²) in [4.78, 5) is 24.5. The third-order valence-electron chi connectivity index (χ3n) is 6.06. The minimum atomic E-state index is -0.524. The largest absolute Gasteiger partial charge is 0.370 e. The summed E-state index contributed by atoms with van der Waals surface area (Å²) in [6.07, 6.45) is 3.15. The van der Waals surface area contributed by atoms with Crippen LogP contribution in [-0.4, -0.2) is 79.7 Å². The fourth-order valence-electron chi connectivity index (χ4n) is 4.24. The van der Waals surface area contributed by atoms with Crippen LogP contribution in [0.1, 0.15) is 17.2 Å². The molecule has 0 spiro atoms. The highest BCUT2D eigenvalue weighted by atomic mass is 19.1. The summed E-state index contributed by atoms with van der Waals surface area (Å²) in [5.74, 6) is 0.108. The normalized spacial score (nSPS) is 20.8. The van der Waals surface area contributed by atoms with Crippen LogP contribution >= 0.6 is 0 Å². The van der Waals surface area contributed by atoms with Gasteiger partial charge in [-0.15, -0.1) is 5.10 Å². The standard InChI is InChI=1S/C22H21FN8O2/c1-24-19-4-3-16(9-18(19)23)20-12-29-6-7-30(11-17(29)13-33-20)22(32)8-15-2-5-21(25-10-15)31-14-26-27-28-31/h2-5,9-10,14,17,20H,6-8,11-13H2/t17-,20+/m0/s1. The van der Waals surface area contributed by atoms with E-state index >= 15 is 0 Å². The zero-order valence-electron chi connectivity index (χ0n) is 17.7. The van der Waals surface area contributed by atoms with Gasteiger partial charge in [0.2, 0.25) is 11.6 Å². The lowest BCUT2D eigenvalue weighted by Crippen LogP contribution is -2.59. The molecule has 10 nitrogen and oxygen atoms in total. The van der Waals surface area contributed by atoms with Crippen molar-refractivity contribution >= 4 is 11.6 Å². The zero-order chi connectivity index (χ0) is 22.8.